The number of amides is 2. The Kier molecular flexibility index (Phi) is 5.88. The fourth-order valence-electron chi connectivity index (χ4n) is 4.24. The predicted molar refractivity (Wildman–Crippen MR) is 108 cm³/mol. The molecule has 8 heteroatoms. The molecule has 2 aliphatic rings. The van der Waals surface area contributed by atoms with Crippen LogP contribution in [0.5, 0.6) is 0 Å². The molecule has 0 aliphatic carbocycles. The van der Waals surface area contributed by atoms with Gasteiger partial charge in [-0.1, -0.05) is 12.7 Å². The van der Waals surface area contributed by atoms with Crippen molar-refractivity contribution in [2.45, 2.75) is 44.7 Å². The molecule has 3 rings (SSSR count). The number of hydrogen-bond donors (Lipinski definition) is 2. The van der Waals surface area contributed by atoms with Crippen LogP contribution in [0.4, 0.5) is 0 Å². The van der Waals surface area contributed by atoms with Crippen LogP contribution in [-0.2, 0) is 16.6 Å². The molecule has 3 heterocycles. The maximum absolute atomic E-state index is 13.1. The van der Waals surface area contributed by atoms with Gasteiger partial charge in [-0.15, -0.1) is 0 Å². The molecule has 1 unspecified atom stereocenters. The summed E-state index contributed by atoms with van der Waals surface area (Å²) in [4.78, 5) is 39.2. The highest BCUT2D eigenvalue weighted by Crippen LogP contribution is 2.17. The Hall–Kier alpha value is -2.61. The highest BCUT2D eigenvalue weighted by Gasteiger charge is 2.31. The first kappa shape index (κ1) is 20.1. The van der Waals surface area contributed by atoms with E-state index in [0.29, 0.717) is 17.8 Å². The van der Waals surface area contributed by atoms with Crippen molar-refractivity contribution in [1.29, 1.82) is 0 Å². The van der Waals surface area contributed by atoms with Crippen LogP contribution >= 0.6 is 0 Å². The van der Waals surface area contributed by atoms with Gasteiger partial charge in [0.15, 0.2) is 0 Å². The van der Waals surface area contributed by atoms with Crippen molar-refractivity contribution in [3.8, 4) is 0 Å². The Morgan fingerprint density at radius 1 is 1.21 bits per heavy atom. The smallest absolute Gasteiger partial charge is 0.329 e. The molecule has 1 aromatic heterocycles. The molecule has 8 nitrogen and oxygen atoms in total. The largest absolute Gasteiger partial charge is 0.370 e. The first-order valence-corrected chi connectivity index (χ1v) is 9.79. The number of aromatic nitrogens is 2. The number of imide groups is 1. The van der Waals surface area contributed by atoms with Crippen molar-refractivity contribution in [1.82, 2.24) is 24.7 Å². The summed E-state index contributed by atoms with van der Waals surface area (Å²) in [6.07, 6.45) is 6.22. The number of carbonyl (C=O) groups is 2. The van der Waals surface area contributed by atoms with Gasteiger partial charge in [0.05, 0.1) is 16.4 Å². The van der Waals surface area contributed by atoms with Crippen molar-refractivity contribution >= 4 is 23.6 Å². The molecular weight excluding hydrogens is 358 g/mol. The molecule has 0 saturated carbocycles. The Morgan fingerprint density at radius 2 is 1.89 bits per heavy atom. The van der Waals surface area contributed by atoms with Crippen molar-refractivity contribution in [3.05, 3.63) is 33.8 Å². The van der Waals surface area contributed by atoms with Crippen molar-refractivity contribution < 1.29 is 9.59 Å². The molecule has 2 amide bonds. The molecule has 0 aromatic carbocycles. The van der Waals surface area contributed by atoms with E-state index < -0.39 is 11.9 Å². The average Bonchev–Trinajstić information content (AvgIpc) is 2.94. The summed E-state index contributed by atoms with van der Waals surface area (Å²) in [6.45, 7) is 7.58. The first-order valence-electron chi connectivity index (χ1n) is 9.79. The van der Waals surface area contributed by atoms with E-state index in [1.54, 1.807) is 17.7 Å². The molecule has 2 aliphatic heterocycles. The SMILES string of the molecule is C=C/C(=c1\c(=C/C)n(C2CCC(=O)NC2=O)c(=O)n1C)N1CCC(NC)CC1. The number of carbonyl (C=O) groups excluding carboxylic acids is 2. The van der Waals surface area contributed by atoms with E-state index in [1.807, 2.05) is 20.0 Å². The lowest BCUT2D eigenvalue weighted by atomic mass is 10.0. The minimum Gasteiger partial charge on any atom is -0.370 e. The number of rotatable bonds is 4. The lowest BCUT2D eigenvalue weighted by Gasteiger charge is -2.34. The molecule has 0 bridgehead atoms. The van der Waals surface area contributed by atoms with Crippen molar-refractivity contribution in [2.24, 2.45) is 7.05 Å². The zero-order valence-corrected chi connectivity index (χ0v) is 16.8. The third-order valence-electron chi connectivity index (χ3n) is 5.81. The molecule has 28 heavy (non-hydrogen) atoms. The second-order valence-electron chi connectivity index (χ2n) is 7.34. The average molecular weight is 387 g/mol. The minimum absolute atomic E-state index is 0.228. The van der Waals surface area contributed by atoms with Crippen LogP contribution in [-0.4, -0.2) is 52.0 Å². The van der Waals surface area contributed by atoms with E-state index >= 15 is 0 Å². The summed E-state index contributed by atoms with van der Waals surface area (Å²) in [6, 6.07) is -0.186. The minimum atomic E-state index is -0.683. The van der Waals surface area contributed by atoms with Gasteiger partial charge < -0.3 is 10.2 Å². The van der Waals surface area contributed by atoms with E-state index in [1.165, 1.54) is 4.57 Å². The third kappa shape index (κ3) is 3.44. The zero-order chi connectivity index (χ0) is 20.4. The number of likely N-dealkylation sites (tertiary alicyclic amines) is 1. The van der Waals surface area contributed by atoms with Gasteiger partial charge in [0.25, 0.3) is 0 Å². The number of nitrogens with zero attached hydrogens (tertiary/aromatic N) is 3. The van der Waals surface area contributed by atoms with Crippen LogP contribution in [0.1, 0.15) is 38.6 Å². The predicted octanol–water partition coefficient (Wildman–Crippen LogP) is -1.06. The monoisotopic (exact) mass is 387 g/mol. The lowest BCUT2D eigenvalue weighted by molar-refractivity contribution is -0.135. The fourth-order valence-corrected chi connectivity index (χ4v) is 4.24. The van der Waals surface area contributed by atoms with Gasteiger partial charge in [0.1, 0.15) is 6.04 Å². The Bertz CT molecular complexity index is 963. The normalized spacial score (nSPS) is 23.0. The molecule has 0 radical (unpaired) electrons. The second kappa shape index (κ2) is 8.18. The molecule has 152 valence electrons. The van der Waals surface area contributed by atoms with Gasteiger partial charge in [-0.2, -0.15) is 0 Å². The number of piperidine rings is 2. The maximum Gasteiger partial charge on any atom is 0.329 e. The Morgan fingerprint density at radius 3 is 2.43 bits per heavy atom. The van der Waals surface area contributed by atoms with Crippen LogP contribution in [0.2, 0.25) is 0 Å². The molecule has 2 saturated heterocycles. The topological polar surface area (TPSA) is 88.4 Å². The highest BCUT2D eigenvalue weighted by atomic mass is 16.2. The summed E-state index contributed by atoms with van der Waals surface area (Å²) < 4.78 is 3.10. The van der Waals surface area contributed by atoms with Crippen LogP contribution in [0.3, 0.4) is 0 Å². The fraction of sp³-hybridized carbons (Fsp3) is 0.550. The van der Waals surface area contributed by atoms with Gasteiger partial charge in [0, 0.05) is 32.6 Å². The highest BCUT2D eigenvalue weighted by molar-refractivity contribution is 5.99. The molecule has 2 fully saturated rings. The van der Waals surface area contributed by atoms with Crippen LogP contribution in [0, 0.1) is 0 Å². The molecule has 1 aromatic rings. The number of imidazole rings is 1. The van der Waals surface area contributed by atoms with Crippen LogP contribution < -0.4 is 27.0 Å². The second-order valence-corrected chi connectivity index (χ2v) is 7.34. The quantitative estimate of drug-likeness (QED) is 0.644. The molecule has 2 N–H and O–H groups in total. The number of nitrogens with one attached hydrogen (secondary N) is 2. The Balaban J connectivity index is 2.15. The van der Waals surface area contributed by atoms with Crippen LogP contribution in [0.25, 0.3) is 11.8 Å². The molecule has 0 spiro atoms. The summed E-state index contributed by atoms with van der Waals surface area (Å²) in [5.41, 5.74) is 0.635. The standard InChI is InChI=1S/C20H29N5O3/c1-5-14(24-11-9-13(21-3)10-12-24)18-15(6-2)25(20(28)23(18)4)16-7-8-17(26)22-19(16)27/h5-6,13,16,21H,1,7-12H2,2-4H3,(H,22,26,27)/b15-6+,18-14-. The van der Waals surface area contributed by atoms with Gasteiger partial charge in [-0.3, -0.25) is 24.0 Å². The number of hydrogen-bond acceptors (Lipinski definition) is 5. The van der Waals surface area contributed by atoms with Gasteiger partial charge in [-0.25, -0.2) is 4.79 Å². The zero-order valence-electron chi connectivity index (χ0n) is 16.8. The third-order valence-corrected chi connectivity index (χ3v) is 5.81. The molecular formula is C20H29N5O3. The van der Waals surface area contributed by atoms with E-state index in [4.69, 9.17) is 0 Å². The van der Waals surface area contributed by atoms with E-state index in [0.717, 1.165) is 37.0 Å². The van der Waals surface area contributed by atoms with E-state index in [9.17, 15) is 14.4 Å². The van der Waals surface area contributed by atoms with E-state index in [-0.39, 0.29) is 18.0 Å². The lowest BCUT2D eigenvalue weighted by Crippen LogP contribution is -2.48. The van der Waals surface area contributed by atoms with Crippen LogP contribution in [0.15, 0.2) is 17.4 Å². The van der Waals surface area contributed by atoms with E-state index in [2.05, 4.69) is 22.1 Å². The molecule has 1 atom stereocenters. The van der Waals surface area contributed by atoms with Crippen molar-refractivity contribution in [2.75, 3.05) is 20.1 Å². The van der Waals surface area contributed by atoms with Gasteiger partial charge in [-0.05, 0) is 39.3 Å². The Labute approximate surface area is 164 Å². The maximum atomic E-state index is 13.1. The summed E-state index contributed by atoms with van der Waals surface area (Å²) in [7, 11) is 3.70. The van der Waals surface area contributed by atoms with Gasteiger partial charge in [0.2, 0.25) is 11.8 Å². The summed E-state index contributed by atoms with van der Waals surface area (Å²) in [5.74, 6) is -0.716. The van der Waals surface area contributed by atoms with Gasteiger partial charge >= 0.3 is 5.69 Å². The summed E-state index contributed by atoms with van der Waals surface area (Å²) in [5, 5.41) is 7.12. The first-order chi connectivity index (χ1) is 13.4. The summed E-state index contributed by atoms with van der Waals surface area (Å²) >= 11 is 0. The van der Waals surface area contributed by atoms with Crippen molar-refractivity contribution in [3.63, 3.8) is 0 Å².